The highest BCUT2D eigenvalue weighted by atomic mass is 35.5. The first-order chi connectivity index (χ1) is 10.4. The van der Waals surface area contributed by atoms with Crippen molar-refractivity contribution in [2.45, 2.75) is 26.2 Å². The predicted octanol–water partition coefficient (Wildman–Crippen LogP) is 2.60. The predicted molar refractivity (Wildman–Crippen MR) is 83.3 cm³/mol. The molecule has 1 unspecified atom stereocenters. The molecule has 1 aromatic rings. The summed E-state index contributed by atoms with van der Waals surface area (Å²) in [5, 5.41) is 9.87. The van der Waals surface area contributed by atoms with Crippen molar-refractivity contribution in [2.24, 2.45) is 5.41 Å². The molecule has 120 valence electrons. The lowest BCUT2D eigenvalue weighted by Crippen LogP contribution is -2.48. The van der Waals surface area contributed by atoms with E-state index in [1.165, 1.54) is 0 Å². The standard InChI is InChI=1S/C16H20ClNO4/c1-16(15(20)21)6-3-7-18(10-16)14(19)9-11-8-12(17)4-5-13(11)22-2/h4-5,8H,3,6-7,9-10H2,1-2H3,(H,20,21). The summed E-state index contributed by atoms with van der Waals surface area (Å²) < 4.78 is 5.24. The van der Waals surface area contributed by atoms with Crippen LogP contribution in [0.1, 0.15) is 25.3 Å². The van der Waals surface area contributed by atoms with Gasteiger partial charge >= 0.3 is 5.97 Å². The van der Waals surface area contributed by atoms with Crippen molar-refractivity contribution in [2.75, 3.05) is 20.2 Å². The molecule has 5 nitrogen and oxygen atoms in total. The van der Waals surface area contributed by atoms with E-state index in [2.05, 4.69) is 0 Å². The minimum absolute atomic E-state index is 0.104. The molecule has 1 saturated heterocycles. The summed E-state index contributed by atoms with van der Waals surface area (Å²) in [6.45, 7) is 2.52. The lowest BCUT2D eigenvalue weighted by molar-refractivity contribution is -0.153. The number of hydrogen-bond acceptors (Lipinski definition) is 3. The molecule has 1 N–H and O–H groups in total. The first-order valence-electron chi connectivity index (χ1n) is 7.19. The number of amides is 1. The van der Waals surface area contributed by atoms with Crippen molar-refractivity contribution in [3.05, 3.63) is 28.8 Å². The van der Waals surface area contributed by atoms with Gasteiger partial charge in [0, 0.05) is 23.7 Å². The summed E-state index contributed by atoms with van der Waals surface area (Å²) in [7, 11) is 1.54. The number of carboxylic acid groups (broad SMARTS) is 1. The van der Waals surface area contributed by atoms with E-state index in [1.54, 1.807) is 37.1 Å². The average molecular weight is 326 g/mol. The Kier molecular flexibility index (Phi) is 4.96. The summed E-state index contributed by atoms with van der Waals surface area (Å²) in [6, 6.07) is 5.14. The van der Waals surface area contributed by atoms with Crippen molar-refractivity contribution >= 4 is 23.5 Å². The highest BCUT2D eigenvalue weighted by Crippen LogP contribution is 2.30. The zero-order valence-electron chi connectivity index (χ0n) is 12.8. The maximum absolute atomic E-state index is 12.5. The Morgan fingerprint density at radius 1 is 1.45 bits per heavy atom. The van der Waals surface area contributed by atoms with Crippen molar-refractivity contribution in [1.29, 1.82) is 0 Å². The molecule has 0 saturated carbocycles. The third-order valence-corrected chi connectivity index (χ3v) is 4.38. The molecule has 0 spiro atoms. The van der Waals surface area contributed by atoms with Gasteiger partial charge < -0.3 is 14.7 Å². The molecule has 0 aromatic heterocycles. The Labute approximate surface area is 134 Å². The van der Waals surface area contributed by atoms with E-state index in [1.807, 2.05) is 0 Å². The lowest BCUT2D eigenvalue weighted by atomic mass is 9.82. The second-order valence-corrected chi connectivity index (χ2v) is 6.35. The zero-order chi connectivity index (χ0) is 16.3. The first kappa shape index (κ1) is 16.6. The molecule has 1 fully saturated rings. The summed E-state index contributed by atoms with van der Waals surface area (Å²) in [5.41, 5.74) is -0.158. The Morgan fingerprint density at radius 2 is 2.18 bits per heavy atom. The normalized spacial score (nSPS) is 21.5. The van der Waals surface area contributed by atoms with Crippen LogP contribution in [0.4, 0.5) is 0 Å². The maximum atomic E-state index is 12.5. The number of nitrogens with zero attached hydrogens (tertiary/aromatic N) is 1. The van der Waals surface area contributed by atoms with E-state index in [-0.39, 0.29) is 18.9 Å². The number of carbonyl (C=O) groups is 2. The number of halogens is 1. The van der Waals surface area contributed by atoms with Crippen LogP contribution in [-0.4, -0.2) is 42.1 Å². The minimum atomic E-state index is -0.869. The number of hydrogen-bond donors (Lipinski definition) is 1. The summed E-state index contributed by atoms with van der Waals surface area (Å²) in [6.07, 6.45) is 1.44. The van der Waals surface area contributed by atoms with E-state index in [4.69, 9.17) is 16.3 Å². The van der Waals surface area contributed by atoms with E-state index < -0.39 is 11.4 Å². The molecular weight excluding hydrogens is 306 g/mol. The summed E-state index contributed by atoms with van der Waals surface area (Å²) in [5.74, 6) is -0.353. The highest BCUT2D eigenvalue weighted by Gasteiger charge is 2.39. The van der Waals surface area contributed by atoms with Gasteiger partial charge in [0.2, 0.25) is 5.91 Å². The van der Waals surface area contributed by atoms with Gasteiger partial charge in [0.15, 0.2) is 0 Å². The van der Waals surface area contributed by atoms with E-state index in [9.17, 15) is 14.7 Å². The lowest BCUT2D eigenvalue weighted by Gasteiger charge is -2.37. The van der Waals surface area contributed by atoms with Crippen LogP contribution < -0.4 is 4.74 Å². The monoisotopic (exact) mass is 325 g/mol. The number of piperidine rings is 1. The van der Waals surface area contributed by atoms with Gasteiger partial charge in [0.25, 0.3) is 0 Å². The van der Waals surface area contributed by atoms with Crippen molar-refractivity contribution in [1.82, 2.24) is 4.90 Å². The average Bonchev–Trinajstić information content (AvgIpc) is 2.47. The molecule has 6 heteroatoms. The number of benzene rings is 1. The number of ether oxygens (including phenoxy) is 1. The Balaban J connectivity index is 2.12. The van der Waals surface area contributed by atoms with Crippen LogP contribution in [0.5, 0.6) is 5.75 Å². The Bertz CT molecular complexity index is 590. The van der Waals surface area contributed by atoms with Gasteiger partial charge in [-0.05, 0) is 38.0 Å². The second-order valence-electron chi connectivity index (χ2n) is 5.92. The fourth-order valence-electron chi connectivity index (χ4n) is 2.79. The molecule has 0 bridgehead atoms. The van der Waals surface area contributed by atoms with Crippen LogP contribution in [0.15, 0.2) is 18.2 Å². The van der Waals surface area contributed by atoms with Crippen LogP contribution in [-0.2, 0) is 16.0 Å². The second kappa shape index (κ2) is 6.57. The van der Waals surface area contributed by atoms with Gasteiger partial charge in [-0.2, -0.15) is 0 Å². The number of likely N-dealkylation sites (tertiary alicyclic amines) is 1. The molecule has 1 aromatic carbocycles. The van der Waals surface area contributed by atoms with E-state index in [0.29, 0.717) is 35.7 Å². The molecule has 0 radical (unpaired) electrons. The van der Waals surface area contributed by atoms with Crippen molar-refractivity contribution in [3.8, 4) is 5.75 Å². The third kappa shape index (κ3) is 3.53. The molecule has 22 heavy (non-hydrogen) atoms. The Hall–Kier alpha value is -1.75. The number of carbonyl (C=O) groups excluding carboxylic acids is 1. The van der Waals surface area contributed by atoms with Crippen LogP contribution in [0, 0.1) is 5.41 Å². The highest BCUT2D eigenvalue weighted by molar-refractivity contribution is 6.30. The fourth-order valence-corrected chi connectivity index (χ4v) is 2.98. The third-order valence-electron chi connectivity index (χ3n) is 4.15. The first-order valence-corrected chi connectivity index (χ1v) is 7.57. The number of carboxylic acids is 1. The van der Waals surface area contributed by atoms with Crippen LogP contribution >= 0.6 is 11.6 Å². The fraction of sp³-hybridized carbons (Fsp3) is 0.500. The molecule has 1 aliphatic rings. The topological polar surface area (TPSA) is 66.8 Å². The summed E-state index contributed by atoms with van der Waals surface area (Å²) >= 11 is 5.97. The van der Waals surface area contributed by atoms with Gasteiger partial charge in [-0.15, -0.1) is 0 Å². The molecule has 1 atom stereocenters. The smallest absolute Gasteiger partial charge is 0.311 e. The van der Waals surface area contributed by atoms with Gasteiger partial charge in [-0.25, -0.2) is 0 Å². The largest absolute Gasteiger partial charge is 0.496 e. The van der Waals surface area contributed by atoms with Gasteiger partial charge in [-0.1, -0.05) is 11.6 Å². The molecule has 2 rings (SSSR count). The summed E-state index contributed by atoms with van der Waals surface area (Å²) in [4.78, 5) is 25.5. The van der Waals surface area contributed by atoms with Gasteiger partial charge in [0.05, 0.1) is 18.9 Å². The van der Waals surface area contributed by atoms with Crippen molar-refractivity contribution < 1.29 is 19.4 Å². The van der Waals surface area contributed by atoms with Crippen LogP contribution in [0.2, 0.25) is 5.02 Å². The molecular formula is C16H20ClNO4. The van der Waals surface area contributed by atoms with Gasteiger partial charge in [-0.3, -0.25) is 9.59 Å². The van der Waals surface area contributed by atoms with Crippen LogP contribution in [0.25, 0.3) is 0 Å². The number of methoxy groups -OCH3 is 1. The molecule has 1 amide bonds. The minimum Gasteiger partial charge on any atom is -0.496 e. The molecule has 1 heterocycles. The van der Waals surface area contributed by atoms with E-state index in [0.717, 1.165) is 0 Å². The maximum Gasteiger partial charge on any atom is 0.311 e. The molecule has 1 aliphatic heterocycles. The molecule has 0 aliphatic carbocycles. The number of aliphatic carboxylic acids is 1. The van der Waals surface area contributed by atoms with E-state index >= 15 is 0 Å². The van der Waals surface area contributed by atoms with Crippen LogP contribution in [0.3, 0.4) is 0 Å². The van der Waals surface area contributed by atoms with Gasteiger partial charge in [0.1, 0.15) is 5.75 Å². The van der Waals surface area contributed by atoms with Crippen molar-refractivity contribution in [3.63, 3.8) is 0 Å². The number of rotatable bonds is 4. The SMILES string of the molecule is COc1ccc(Cl)cc1CC(=O)N1CCCC(C)(C(=O)O)C1. The zero-order valence-corrected chi connectivity index (χ0v) is 13.5. The Morgan fingerprint density at radius 3 is 2.82 bits per heavy atom. The quantitative estimate of drug-likeness (QED) is 0.924.